The van der Waals surface area contributed by atoms with Crippen molar-refractivity contribution in [2.75, 3.05) is 13.7 Å². The first kappa shape index (κ1) is 15.3. The number of sulfonamides is 1. The van der Waals surface area contributed by atoms with Crippen LogP contribution in [0.25, 0.3) is 0 Å². The smallest absolute Gasteiger partial charge is 0.339 e. The van der Waals surface area contributed by atoms with Crippen molar-refractivity contribution in [3.63, 3.8) is 0 Å². The molecule has 1 aromatic carbocycles. The lowest BCUT2D eigenvalue weighted by Gasteiger charge is -2.11. The van der Waals surface area contributed by atoms with Crippen LogP contribution in [0.5, 0.6) is 5.75 Å². The maximum Gasteiger partial charge on any atom is 0.339 e. The number of methoxy groups -OCH3 is 1. The highest BCUT2D eigenvalue weighted by Crippen LogP contribution is 2.28. The molecule has 0 heterocycles. The zero-order chi connectivity index (χ0) is 15.5. The van der Waals surface area contributed by atoms with Gasteiger partial charge in [-0.05, 0) is 31.0 Å². The molecular weight excluding hydrogens is 296 g/mol. The molecular formula is C13H14N2O5S. The molecule has 1 aromatic rings. The number of nitriles is 1. The van der Waals surface area contributed by atoms with E-state index in [0.717, 1.165) is 12.8 Å². The maximum absolute atomic E-state index is 12.3. The van der Waals surface area contributed by atoms with Crippen LogP contribution >= 0.6 is 0 Å². The second-order valence-electron chi connectivity index (χ2n) is 4.50. The van der Waals surface area contributed by atoms with Gasteiger partial charge in [-0.3, -0.25) is 0 Å². The van der Waals surface area contributed by atoms with E-state index in [4.69, 9.17) is 10.00 Å². The SMILES string of the molecule is COc1ccc(C(=O)OCC#N)cc1S(=O)(=O)NC1CC1. The zero-order valence-electron chi connectivity index (χ0n) is 11.3. The minimum atomic E-state index is -3.76. The van der Waals surface area contributed by atoms with E-state index in [1.807, 2.05) is 0 Å². The number of nitrogens with one attached hydrogen (secondary N) is 1. The third kappa shape index (κ3) is 3.71. The Morgan fingerprint density at radius 1 is 1.48 bits per heavy atom. The van der Waals surface area contributed by atoms with E-state index in [1.165, 1.54) is 25.3 Å². The first-order valence-electron chi connectivity index (χ1n) is 6.22. The Balaban J connectivity index is 2.34. The Morgan fingerprint density at radius 3 is 2.76 bits per heavy atom. The van der Waals surface area contributed by atoms with E-state index in [0.29, 0.717) is 0 Å². The summed E-state index contributed by atoms with van der Waals surface area (Å²) in [4.78, 5) is 11.6. The van der Waals surface area contributed by atoms with Crippen molar-refractivity contribution in [2.45, 2.75) is 23.8 Å². The van der Waals surface area contributed by atoms with Gasteiger partial charge >= 0.3 is 5.97 Å². The fourth-order valence-corrected chi connectivity index (χ4v) is 3.18. The lowest BCUT2D eigenvalue weighted by atomic mass is 10.2. The number of esters is 1. The number of ether oxygens (including phenoxy) is 2. The molecule has 1 fully saturated rings. The molecule has 0 amide bonds. The standard InChI is InChI=1S/C13H14N2O5S/c1-19-11-5-2-9(13(16)20-7-6-14)8-12(11)21(17,18)15-10-3-4-10/h2,5,8,10,15H,3-4,7H2,1H3. The summed E-state index contributed by atoms with van der Waals surface area (Å²) in [7, 11) is -2.42. The predicted octanol–water partition coefficient (Wildman–Crippen LogP) is 0.816. The van der Waals surface area contributed by atoms with Crippen LogP contribution in [0, 0.1) is 11.3 Å². The number of benzene rings is 1. The largest absolute Gasteiger partial charge is 0.495 e. The summed E-state index contributed by atoms with van der Waals surface area (Å²) < 4.78 is 36.7. The average Bonchev–Trinajstić information content (AvgIpc) is 3.27. The quantitative estimate of drug-likeness (QED) is 0.780. The van der Waals surface area contributed by atoms with Gasteiger partial charge in [0.1, 0.15) is 16.7 Å². The first-order valence-corrected chi connectivity index (χ1v) is 7.70. The Bertz CT molecular complexity index is 689. The number of carbonyl (C=O) groups is 1. The molecule has 0 atom stereocenters. The molecule has 1 N–H and O–H groups in total. The molecule has 112 valence electrons. The summed E-state index contributed by atoms with van der Waals surface area (Å²) in [6, 6.07) is 5.56. The molecule has 7 nitrogen and oxygen atoms in total. The minimum Gasteiger partial charge on any atom is -0.495 e. The van der Waals surface area contributed by atoms with E-state index in [1.54, 1.807) is 6.07 Å². The molecule has 1 saturated carbocycles. The molecule has 0 radical (unpaired) electrons. The summed E-state index contributed by atoms with van der Waals surface area (Å²) in [6.45, 7) is -0.396. The van der Waals surface area contributed by atoms with Gasteiger partial charge < -0.3 is 9.47 Å². The first-order chi connectivity index (χ1) is 9.97. The molecule has 1 aliphatic carbocycles. The maximum atomic E-state index is 12.3. The monoisotopic (exact) mass is 310 g/mol. The van der Waals surface area contributed by atoms with Crippen LogP contribution in [0.3, 0.4) is 0 Å². The number of hydrogen-bond donors (Lipinski definition) is 1. The van der Waals surface area contributed by atoms with Gasteiger partial charge in [-0.25, -0.2) is 17.9 Å². The summed E-state index contributed by atoms with van der Waals surface area (Å²) in [6.07, 6.45) is 1.59. The highest BCUT2D eigenvalue weighted by atomic mass is 32.2. The minimum absolute atomic E-state index is 0.0437. The lowest BCUT2D eigenvalue weighted by Crippen LogP contribution is -2.26. The van der Waals surface area contributed by atoms with Crippen LogP contribution in [-0.4, -0.2) is 34.1 Å². The Hall–Kier alpha value is -2.11. The molecule has 21 heavy (non-hydrogen) atoms. The van der Waals surface area contributed by atoms with Crippen LogP contribution in [-0.2, 0) is 14.8 Å². The van der Waals surface area contributed by atoms with Crippen LogP contribution in [0.15, 0.2) is 23.1 Å². The molecule has 2 rings (SSSR count). The number of carbonyl (C=O) groups excluding carboxylic acids is 1. The van der Waals surface area contributed by atoms with Gasteiger partial charge in [-0.1, -0.05) is 0 Å². The van der Waals surface area contributed by atoms with Crippen LogP contribution in [0.4, 0.5) is 0 Å². The van der Waals surface area contributed by atoms with Crippen LogP contribution in [0.2, 0.25) is 0 Å². The number of nitrogens with zero attached hydrogens (tertiary/aromatic N) is 1. The van der Waals surface area contributed by atoms with Crippen molar-refractivity contribution in [1.82, 2.24) is 4.72 Å². The van der Waals surface area contributed by atoms with E-state index in [-0.39, 0.29) is 22.3 Å². The van der Waals surface area contributed by atoms with Crippen molar-refractivity contribution in [3.8, 4) is 11.8 Å². The molecule has 0 saturated heterocycles. The molecule has 0 aliphatic heterocycles. The Kier molecular flexibility index (Phi) is 4.45. The number of rotatable bonds is 6. The molecule has 0 spiro atoms. The lowest BCUT2D eigenvalue weighted by molar-refractivity contribution is 0.0554. The second-order valence-corrected chi connectivity index (χ2v) is 6.18. The summed E-state index contributed by atoms with van der Waals surface area (Å²) in [5, 5.41) is 8.38. The van der Waals surface area contributed by atoms with Gasteiger partial charge in [0.05, 0.1) is 12.7 Å². The van der Waals surface area contributed by atoms with E-state index in [2.05, 4.69) is 9.46 Å². The summed E-state index contributed by atoms with van der Waals surface area (Å²) >= 11 is 0. The second kappa shape index (κ2) is 6.11. The van der Waals surface area contributed by atoms with Crippen molar-refractivity contribution in [3.05, 3.63) is 23.8 Å². The fourth-order valence-electron chi connectivity index (χ4n) is 1.68. The number of hydrogen-bond acceptors (Lipinski definition) is 6. The highest BCUT2D eigenvalue weighted by Gasteiger charge is 2.30. The molecule has 1 aliphatic rings. The Labute approximate surface area is 122 Å². The topological polar surface area (TPSA) is 105 Å². The summed E-state index contributed by atoms with van der Waals surface area (Å²) in [5.41, 5.74) is 0.0437. The third-order valence-electron chi connectivity index (χ3n) is 2.86. The third-order valence-corrected chi connectivity index (χ3v) is 4.40. The van der Waals surface area contributed by atoms with Crippen molar-refractivity contribution in [1.29, 1.82) is 5.26 Å². The van der Waals surface area contributed by atoms with E-state index < -0.39 is 22.6 Å². The van der Waals surface area contributed by atoms with E-state index in [9.17, 15) is 13.2 Å². The Morgan fingerprint density at radius 2 is 2.19 bits per heavy atom. The van der Waals surface area contributed by atoms with Gasteiger partial charge in [0.2, 0.25) is 10.0 Å². The molecule has 0 unspecified atom stereocenters. The van der Waals surface area contributed by atoms with Crippen molar-refractivity contribution >= 4 is 16.0 Å². The predicted molar refractivity (Wildman–Crippen MR) is 72.2 cm³/mol. The molecule has 8 heteroatoms. The summed E-state index contributed by atoms with van der Waals surface area (Å²) in [5.74, 6) is -0.623. The highest BCUT2D eigenvalue weighted by molar-refractivity contribution is 7.89. The van der Waals surface area contributed by atoms with Gasteiger partial charge in [0.25, 0.3) is 0 Å². The van der Waals surface area contributed by atoms with Crippen molar-refractivity contribution in [2.24, 2.45) is 0 Å². The van der Waals surface area contributed by atoms with Gasteiger partial charge in [0, 0.05) is 6.04 Å². The zero-order valence-corrected chi connectivity index (χ0v) is 12.1. The average molecular weight is 310 g/mol. The van der Waals surface area contributed by atoms with E-state index >= 15 is 0 Å². The van der Waals surface area contributed by atoms with Crippen molar-refractivity contribution < 1.29 is 22.7 Å². The van der Waals surface area contributed by atoms with Gasteiger partial charge in [0.15, 0.2) is 6.61 Å². The molecule has 0 bridgehead atoms. The normalized spacial score (nSPS) is 14.3. The van der Waals surface area contributed by atoms with Crippen LogP contribution < -0.4 is 9.46 Å². The van der Waals surface area contributed by atoms with Gasteiger partial charge in [-0.15, -0.1) is 0 Å². The molecule has 0 aromatic heterocycles. The van der Waals surface area contributed by atoms with Gasteiger partial charge in [-0.2, -0.15) is 5.26 Å². The van der Waals surface area contributed by atoms with Crippen LogP contribution in [0.1, 0.15) is 23.2 Å². The fraction of sp³-hybridized carbons (Fsp3) is 0.385.